The molecule has 2 aromatic carbocycles. The van der Waals surface area contributed by atoms with Gasteiger partial charge in [0.1, 0.15) is 17.7 Å². The van der Waals surface area contributed by atoms with Gasteiger partial charge in [-0.3, -0.25) is 4.90 Å². The van der Waals surface area contributed by atoms with Crippen LogP contribution in [0.1, 0.15) is 31.4 Å². The summed E-state index contributed by atoms with van der Waals surface area (Å²) in [5, 5.41) is 14.6. The summed E-state index contributed by atoms with van der Waals surface area (Å²) in [7, 11) is 0. The third kappa shape index (κ3) is 7.69. The van der Waals surface area contributed by atoms with Crippen molar-refractivity contribution in [3.63, 3.8) is 0 Å². The van der Waals surface area contributed by atoms with Crippen LogP contribution in [0.2, 0.25) is 0 Å². The minimum atomic E-state index is -0.675. The largest absolute Gasteiger partial charge is 0.390 e. The first kappa shape index (κ1) is 23.3. The Balaban J connectivity index is 1.60. The minimum absolute atomic E-state index is 0.211. The van der Waals surface area contributed by atoms with Crippen molar-refractivity contribution >= 4 is 5.71 Å². The number of hydrogen-bond acceptors (Lipinski definition) is 5. The Morgan fingerprint density at radius 3 is 2.61 bits per heavy atom. The fraction of sp³-hybridized carbons (Fsp3) is 0.458. The lowest BCUT2D eigenvalue weighted by Gasteiger charge is -2.27. The monoisotopic (exact) mass is 432 g/mol. The van der Waals surface area contributed by atoms with Gasteiger partial charge in [0.15, 0.2) is 0 Å². The predicted octanol–water partition coefficient (Wildman–Crippen LogP) is 3.99. The zero-order valence-electron chi connectivity index (χ0n) is 18.0. The van der Waals surface area contributed by atoms with Crippen LogP contribution in [0.15, 0.2) is 53.7 Å². The molecule has 0 saturated carbocycles. The summed E-state index contributed by atoms with van der Waals surface area (Å²) in [6, 6.07) is 12.6. The lowest BCUT2D eigenvalue weighted by molar-refractivity contribution is -0.00735. The highest BCUT2D eigenvalue weighted by Crippen LogP contribution is 2.19. The van der Waals surface area contributed by atoms with E-state index < -0.39 is 6.10 Å². The van der Waals surface area contributed by atoms with Gasteiger partial charge in [-0.15, -0.1) is 0 Å². The molecule has 5 nitrogen and oxygen atoms in total. The molecule has 0 bridgehead atoms. The third-order valence-electron chi connectivity index (χ3n) is 4.90. The van der Waals surface area contributed by atoms with Crippen LogP contribution in [-0.2, 0) is 16.1 Å². The van der Waals surface area contributed by atoms with Gasteiger partial charge in [-0.1, -0.05) is 43.3 Å². The van der Waals surface area contributed by atoms with Gasteiger partial charge in [0.05, 0.1) is 18.4 Å². The summed E-state index contributed by atoms with van der Waals surface area (Å²) in [4.78, 5) is 7.62. The van der Waals surface area contributed by atoms with E-state index >= 15 is 0 Å². The smallest absolute Gasteiger partial charge is 0.145 e. The van der Waals surface area contributed by atoms with E-state index in [1.807, 2.05) is 11.0 Å². The van der Waals surface area contributed by atoms with E-state index in [0.717, 1.165) is 16.8 Å². The molecule has 1 aliphatic rings. The predicted molar refractivity (Wildman–Crippen MR) is 116 cm³/mol. The van der Waals surface area contributed by atoms with Crippen molar-refractivity contribution in [2.45, 2.75) is 39.0 Å². The molecule has 1 heterocycles. The number of ether oxygens (including phenoxy) is 1. The number of hydrogen-bond donors (Lipinski definition) is 1. The molecule has 0 aromatic heterocycles. The number of rotatable bonds is 11. The van der Waals surface area contributed by atoms with Crippen molar-refractivity contribution in [1.82, 2.24) is 4.90 Å². The molecule has 0 unspecified atom stereocenters. The standard InChI is InChI=1S/C24H30F2N2O3/c1-17(2)15-30-16-22(29)13-28(12-18-4-3-5-21(26)10-18)14-23-11-24(27-31-23)19-6-8-20(25)9-7-19/h3-10,17,22-23,29H,11-16H2,1-2H3/t22-,23-/m0/s1. The number of oxime groups is 1. The quantitative estimate of drug-likeness (QED) is 0.583. The molecule has 168 valence electrons. The van der Waals surface area contributed by atoms with Crippen LogP contribution in [0.5, 0.6) is 0 Å². The summed E-state index contributed by atoms with van der Waals surface area (Å²) in [5.41, 5.74) is 2.40. The molecule has 3 rings (SSSR count). The molecule has 31 heavy (non-hydrogen) atoms. The lowest BCUT2D eigenvalue weighted by atomic mass is 10.0. The molecule has 2 atom stereocenters. The Morgan fingerprint density at radius 1 is 1.13 bits per heavy atom. The van der Waals surface area contributed by atoms with E-state index in [9.17, 15) is 13.9 Å². The van der Waals surface area contributed by atoms with E-state index in [1.54, 1.807) is 18.2 Å². The maximum Gasteiger partial charge on any atom is 0.145 e. The Hall–Kier alpha value is -2.35. The molecule has 0 amide bonds. The second kappa shape index (κ2) is 11.3. The normalized spacial score (nSPS) is 17.1. The molecule has 2 aromatic rings. The Bertz CT molecular complexity index is 858. The highest BCUT2D eigenvalue weighted by Gasteiger charge is 2.26. The van der Waals surface area contributed by atoms with Gasteiger partial charge in [-0.05, 0) is 41.3 Å². The average molecular weight is 433 g/mol. The zero-order valence-corrected chi connectivity index (χ0v) is 18.0. The molecule has 1 aliphatic heterocycles. The molecule has 0 radical (unpaired) electrons. The van der Waals surface area contributed by atoms with Gasteiger partial charge in [-0.25, -0.2) is 8.78 Å². The molecule has 0 aliphatic carbocycles. The van der Waals surface area contributed by atoms with Crippen molar-refractivity contribution in [1.29, 1.82) is 0 Å². The first-order valence-corrected chi connectivity index (χ1v) is 10.6. The Morgan fingerprint density at radius 2 is 1.90 bits per heavy atom. The van der Waals surface area contributed by atoms with Crippen molar-refractivity contribution in [3.05, 3.63) is 71.3 Å². The van der Waals surface area contributed by atoms with Crippen LogP contribution < -0.4 is 0 Å². The van der Waals surface area contributed by atoms with Crippen LogP contribution in [0.4, 0.5) is 8.78 Å². The highest BCUT2D eigenvalue weighted by molar-refractivity contribution is 6.01. The molecular weight excluding hydrogens is 402 g/mol. The second-order valence-electron chi connectivity index (χ2n) is 8.39. The van der Waals surface area contributed by atoms with Crippen molar-refractivity contribution in [3.8, 4) is 0 Å². The Kier molecular flexibility index (Phi) is 8.51. The van der Waals surface area contributed by atoms with E-state index in [0.29, 0.717) is 38.6 Å². The van der Waals surface area contributed by atoms with Crippen LogP contribution in [0.3, 0.4) is 0 Å². The van der Waals surface area contributed by atoms with Crippen molar-refractivity contribution in [2.75, 3.05) is 26.3 Å². The molecule has 0 fully saturated rings. The van der Waals surface area contributed by atoms with E-state index in [4.69, 9.17) is 9.57 Å². The third-order valence-corrected chi connectivity index (χ3v) is 4.90. The fourth-order valence-electron chi connectivity index (χ4n) is 3.51. The number of aliphatic hydroxyl groups is 1. The SMILES string of the molecule is CC(C)COC[C@@H](O)CN(Cc1cccc(F)c1)C[C@@H]1CC(c2ccc(F)cc2)=NO1. The van der Waals surface area contributed by atoms with Crippen molar-refractivity contribution < 1.29 is 23.5 Å². The topological polar surface area (TPSA) is 54.3 Å². The molecule has 7 heteroatoms. The molecule has 1 N–H and O–H groups in total. The van der Waals surface area contributed by atoms with E-state index in [2.05, 4.69) is 19.0 Å². The van der Waals surface area contributed by atoms with Gasteiger partial charge in [0.25, 0.3) is 0 Å². The summed E-state index contributed by atoms with van der Waals surface area (Å²) < 4.78 is 32.4. The maximum atomic E-state index is 13.6. The summed E-state index contributed by atoms with van der Waals surface area (Å²) in [6.07, 6.45) is -0.311. The average Bonchev–Trinajstić information content (AvgIpc) is 3.16. The van der Waals surface area contributed by atoms with Crippen LogP contribution in [-0.4, -0.2) is 54.2 Å². The first-order chi connectivity index (χ1) is 14.9. The Labute approximate surface area is 182 Å². The van der Waals surface area contributed by atoms with Crippen LogP contribution >= 0.6 is 0 Å². The van der Waals surface area contributed by atoms with Crippen LogP contribution in [0.25, 0.3) is 0 Å². The summed E-state index contributed by atoms with van der Waals surface area (Å²) in [6.45, 7) is 6.26. The first-order valence-electron chi connectivity index (χ1n) is 10.6. The number of benzene rings is 2. The van der Waals surface area contributed by atoms with Gasteiger partial charge in [-0.2, -0.15) is 0 Å². The minimum Gasteiger partial charge on any atom is -0.390 e. The molecular formula is C24H30F2N2O3. The van der Waals surface area contributed by atoms with Gasteiger partial charge >= 0.3 is 0 Å². The van der Waals surface area contributed by atoms with Gasteiger partial charge in [0, 0.05) is 32.7 Å². The summed E-state index contributed by atoms with van der Waals surface area (Å²) in [5.74, 6) is -0.198. The fourth-order valence-corrected chi connectivity index (χ4v) is 3.51. The van der Waals surface area contributed by atoms with Crippen molar-refractivity contribution in [2.24, 2.45) is 11.1 Å². The lowest BCUT2D eigenvalue weighted by Crippen LogP contribution is -2.39. The highest BCUT2D eigenvalue weighted by atomic mass is 19.1. The van der Waals surface area contributed by atoms with Gasteiger partial charge in [0.2, 0.25) is 0 Å². The summed E-state index contributed by atoms with van der Waals surface area (Å²) >= 11 is 0. The number of halogens is 2. The number of nitrogens with zero attached hydrogens (tertiary/aromatic N) is 2. The van der Waals surface area contributed by atoms with Crippen LogP contribution in [0, 0.1) is 17.6 Å². The van der Waals surface area contributed by atoms with Gasteiger partial charge < -0.3 is 14.7 Å². The number of aliphatic hydroxyl groups excluding tert-OH is 1. The maximum absolute atomic E-state index is 13.6. The van der Waals surface area contributed by atoms with E-state index in [-0.39, 0.29) is 24.3 Å². The molecule has 0 spiro atoms. The van der Waals surface area contributed by atoms with E-state index in [1.165, 1.54) is 24.3 Å². The zero-order chi connectivity index (χ0) is 22.2. The molecule has 0 saturated heterocycles. The second-order valence-corrected chi connectivity index (χ2v) is 8.39.